The fraction of sp³-hybridized carbons (Fsp3) is 0.696. The summed E-state index contributed by atoms with van der Waals surface area (Å²) in [5.74, 6) is 0.328. The van der Waals surface area contributed by atoms with Gasteiger partial charge in [-0.05, 0) is 58.1 Å². The van der Waals surface area contributed by atoms with E-state index >= 15 is 0 Å². The molecule has 2 fully saturated rings. The average Bonchev–Trinajstić information content (AvgIpc) is 3.09. The molecule has 1 aliphatic carbocycles. The molecule has 4 heterocycles. The van der Waals surface area contributed by atoms with Crippen LogP contribution in [0.1, 0.15) is 69.2 Å². The molecule has 4 nitrogen and oxygen atoms in total. The van der Waals surface area contributed by atoms with Crippen LogP contribution in [0.4, 0.5) is 0 Å². The topological polar surface area (TPSA) is 28.5 Å². The molecule has 5 heteroatoms. The summed E-state index contributed by atoms with van der Waals surface area (Å²) in [6, 6.07) is 1.57. The van der Waals surface area contributed by atoms with E-state index in [2.05, 4.69) is 40.5 Å². The Kier molecular flexibility index (Phi) is 4.83. The van der Waals surface area contributed by atoms with Crippen LogP contribution in [0, 0.1) is 0 Å². The molecule has 2 bridgehead atoms. The van der Waals surface area contributed by atoms with Crippen LogP contribution in [0.3, 0.4) is 0 Å². The first kappa shape index (κ1) is 18.7. The highest BCUT2D eigenvalue weighted by Gasteiger charge is 2.40. The van der Waals surface area contributed by atoms with Gasteiger partial charge >= 0.3 is 0 Å². The van der Waals surface area contributed by atoms with Gasteiger partial charge in [0, 0.05) is 60.3 Å². The molecule has 3 unspecified atom stereocenters. The summed E-state index contributed by atoms with van der Waals surface area (Å²) in [6.07, 6.45) is 13.3. The predicted octanol–water partition coefficient (Wildman–Crippen LogP) is 2.54. The van der Waals surface area contributed by atoms with Crippen molar-refractivity contribution >= 4 is 29.7 Å². The molecular formula is C23H32ClN3O. The zero-order valence-electron chi connectivity index (χ0n) is 17.2. The van der Waals surface area contributed by atoms with Crippen LogP contribution in [0.2, 0.25) is 0 Å². The van der Waals surface area contributed by atoms with Gasteiger partial charge in [0.25, 0.3) is 0 Å². The molecule has 3 aliphatic heterocycles. The van der Waals surface area contributed by atoms with Crippen molar-refractivity contribution in [1.82, 2.24) is 14.4 Å². The standard InChI is InChI=1S/C23H32ClN3O/c1-15-5-3-4-11-26(15)22(28)10-12-27-19-8-6-16(24)13-18(19)23-20-9-7-17(25(20)2)14-21(23)27/h8,13,15-17,20H,3-7,9-12,14H2,1-2H3/t15-,16?,17?,20?/m0/s1. The number of halogens is 1. The minimum Gasteiger partial charge on any atom is -0.344 e. The summed E-state index contributed by atoms with van der Waals surface area (Å²) in [6.45, 7) is 3.94. The van der Waals surface area contributed by atoms with E-state index in [1.807, 2.05) is 0 Å². The van der Waals surface area contributed by atoms with Crippen LogP contribution in [0.15, 0.2) is 0 Å². The van der Waals surface area contributed by atoms with Crippen LogP contribution in [-0.4, -0.2) is 51.3 Å². The van der Waals surface area contributed by atoms with Crippen LogP contribution in [0.25, 0.3) is 12.2 Å². The zero-order valence-corrected chi connectivity index (χ0v) is 17.9. The Balaban J connectivity index is 1.48. The lowest BCUT2D eigenvalue weighted by Crippen LogP contribution is -2.43. The molecule has 28 heavy (non-hydrogen) atoms. The van der Waals surface area contributed by atoms with E-state index in [9.17, 15) is 4.79 Å². The summed E-state index contributed by atoms with van der Waals surface area (Å²) in [7, 11) is 2.28. The molecule has 0 aromatic carbocycles. The lowest BCUT2D eigenvalue weighted by molar-refractivity contribution is -0.134. The molecule has 0 radical (unpaired) electrons. The Bertz CT molecular complexity index is 904. The van der Waals surface area contributed by atoms with Gasteiger partial charge in [-0.15, -0.1) is 11.6 Å². The predicted molar refractivity (Wildman–Crippen MR) is 114 cm³/mol. The van der Waals surface area contributed by atoms with Gasteiger partial charge in [0.05, 0.1) is 5.38 Å². The molecule has 4 atom stereocenters. The van der Waals surface area contributed by atoms with Gasteiger partial charge in [-0.2, -0.15) is 0 Å². The van der Waals surface area contributed by atoms with Gasteiger partial charge in [0.1, 0.15) is 0 Å². The Morgan fingerprint density at radius 3 is 2.93 bits per heavy atom. The lowest BCUT2D eigenvalue weighted by Gasteiger charge is -2.34. The molecule has 0 N–H and O–H groups in total. The summed E-state index contributed by atoms with van der Waals surface area (Å²) in [5.41, 5.74) is 2.99. The minimum atomic E-state index is 0.0905. The fourth-order valence-electron chi connectivity index (χ4n) is 6.09. The van der Waals surface area contributed by atoms with Crippen LogP contribution in [-0.2, 0) is 17.8 Å². The number of aromatic nitrogens is 1. The number of likely N-dealkylation sites (tertiary alicyclic amines) is 1. The molecule has 1 aromatic heterocycles. The summed E-state index contributed by atoms with van der Waals surface area (Å²) < 4.78 is 2.48. The second-order valence-electron chi connectivity index (χ2n) is 9.23. The summed E-state index contributed by atoms with van der Waals surface area (Å²) in [4.78, 5) is 17.6. The first-order chi connectivity index (χ1) is 13.5. The number of piperidine rings is 1. The third kappa shape index (κ3) is 2.95. The van der Waals surface area contributed by atoms with Gasteiger partial charge in [-0.1, -0.05) is 12.2 Å². The molecule has 1 aromatic rings. The number of rotatable bonds is 3. The van der Waals surface area contributed by atoms with Gasteiger partial charge in [-0.3, -0.25) is 9.69 Å². The highest BCUT2D eigenvalue weighted by Crippen LogP contribution is 2.41. The van der Waals surface area contributed by atoms with Gasteiger partial charge in [0.15, 0.2) is 0 Å². The summed E-state index contributed by atoms with van der Waals surface area (Å²) in [5, 5.41) is 2.77. The van der Waals surface area contributed by atoms with Gasteiger partial charge in [-0.25, -0.2) is 0 Å². The lowest BCUT2D eigenvalue weighted by atomic mass is 9.97. The number of amides is 1. The molecule has 152 valence electrons. The number of hydrogen-bond acceptors (Lipinski definition) is 2. The molecule has 2 saturated heterocycles. The van der Waals surface area contributed by atoms with E-state index in [-0.39, 0.29) is 5.38 Å². The Morgan fingerprint density at radius 1 is 1.25 bits per heavy atom. The van der Waals surface area contributed by atoms with Gasteiger partial charge in [0.2, 0.25) is 5.91 Å². The highest BCUT2D eigenvalue weighted by molar-refractivity contribution is 6.24. The highest BCUT2D eigenvalue weighted by atomic mass is 35.5. The Morgan fingerprint density at radius 2 is 2.11 bits per heavy atom. The van der Waals surface area contributed by atoms with Crippen molar-refractivity contribution in [1.29, 1.82) is 0 Å². The number of carbonyl (C=O) groups is 1. The number of hydrogen-bond donors (Lipinski definition) is 0. The molecule has 1 amide bonds. The van der Waals surface area contributed by atoms with Crippen LogP contribution < -0.4 is 10.6 Å². The number of nitrogens with zero attached hydrogens (tertiary/aromatic N) is 3. The van der Waals surface area contributed by atoms with E-state index in [1.54, 1.807) is 0 Å². The van der Waals surface area contributed by atoms with Crippen molar-refractivity contribution in [2.24, 2.45) is 0 Å². The molecule has 0 spiro atoms. The first-order valence-corrected chi connectivity index (χ1v) is 11.6. The monoisotopic (exact) mass is 401 g/mol. The second-order valence-corrected chi connectivity index (χ2v) is 9.79. The normalized spacial score (nSPS) is 31.8. The number of likely N-dealkylation sites (N-methyl/N-ethyl adjacent to an activating group) is 1. The van der Waals surface area contributed by atoms with Crippen molar-refractivity contribution in [3.63, 3.8) is 0 Å². The molecule has 5 rings (SSSR count). The second kappa shape index (κ2) is 7.21. The maximum atomic E-state index is 13.0. The van der Waals surface area contributed by atoms with Crippen molar-refractivity contribution < 1.29 is 4.79 Å². The van der Waals surface area contributed by atoms with E-state index in [0.29, 0.717) is 30.5 Å². The smallest absolute Gasteiger partial charge is 0.224 e. The SMILES string of the molecule is C[C@H]1CCCCN1C(=O)CCn1c2c(c3c1=CCC(Cl)C=3)C1CCC(C2)N1C. The van der Waals surface area contributed by atoms with Crippen molar-refractivity contribution in [2.75, 3.05) is 13.6 Å². The maximum absolute atomic E-state index is 13.0. The average molecular weight is 402 g/mol. The Hall–Kier alpha value is -1.26. The maximum Gasteiger partial charge on any atom is 0.224 e. The zero-order chi connectivity index (χ0) is 19.4. The number of carbonyl (C=O) groups excluding carboxylic acids is 1. The van der Waals surface area contributed by atoms with Crippen molar-refractivity contribution in [3.05, 3.63) is 21.8 Å². The molecule has 4 aliphatic rings. The van der Waals surface area contributed by atoms with E-state index in [1.165, 1.54) is 41.1 Å². The number of alkyl halides is 1. The van der Waals surface area contributed by atoms with Crippen LogP contribution in [0.5, 0.6) is 0 Å². The summed E-state index contributed by atoms with van der Waals surface area (Å²) >= 11 is 6.51. The quantitative estimate of drug-likeness (QED) is 0.728. The number of fused-ring (bicyclic) bond motifs is 6. The van der Waals surface area contributed by atoms with Gasteiger partial charge < -0.3 is 9.47 Å². The van der Waals surface area contributed by atoms with E-state index < -0.39 is 0 Å². The molecular weight excluding hydrogens is 370 g/mol. The molecule has 0 saturated carbocycles. The van der Waals surface area contributed by atoms with E-state index in [0.717, 1.165) is 38.8 Å². The van der Waals surface area contributed by atoms with Crippen molar-refractivity contribution in [2.45, 2.75) is 88.3 Å². The minimum absolute atomic E-state index is 0.0905. The van der Waals surface area contributed by atoms with Crippen LogP contribution >= 0.6 is 11.6 Å². The first-order valence-electron chi connectivity index (χ1n) is 11.1. The third-order valence-electron chi connectivity index (χ3n) is 7.65. The largest absolute Gasteiger partial charge is 0.344 e. The van der Waals surface area contributed by atoms with E-state index in [4.69, 9.17) is 11.6 Å². The van der Waals surface area contributed by atoms with Crippen molar-refractivity contribution in [3.8, 4) is 0 Å². The third-order valence-corrected chi connectivity index (χ3v) is 7.96. The Labute approximate surface area is 172 Å². The fourth-order valence-corrected chi connectivity index (χ4v) is 6.31.